The molecule has 0 unspecified atom stereocenters. The van der Waals surface area contributed by atoms with Crippen molar-refractivity contribution in [2.45, 2.75) is 3.79 Å². The van der Waals surface area contributed by atoms with Gasteiger partial charge in [0.05, 0.1) is 11.0 Å². The number of hydrogen-bond acceptors (Lipinski definition) is 2. The van der Waals surface area contributed by atoms with Crippen molar-refractivity contribution in [2.24, 2.45) is 0 Å². The fourth-order valence-corrected chi connectivity index (χ4v) is 1.97. The predicted octanol–water partition coefficient (Wildman–Crippen LogP) is 4.11. The van der Waals surface area contributed by atoms with Gasteiger partial charge in [0.1, 0.15) is 5.69 Å². The molecule has 0 saturated carbocycles. The number of alkyl halides is 3. The summed E-state index contributed by atoms with van der Waals surface area (Å²) in [6.45, 7) is 0. The average Bonchev–Trinajstić information content (AvgIpc) is 2.15. The van der Waals surface area contributed by atoms with Crippen LogP contribution < -0.4 is 0 Å². The van der Waals surface area contributed by atoms with E-state index in [0.29, 0.717) is 11.0 Å². The summed E-state index contributed by atoms with van der Waals surface area (Å²) in [5, 5.41) is 0.105. The standard InChI is InChI=1S/C9H4Cl4N2/c10-8-7(9(11,12)13)14-5-3-1-2-4-6(5)15-8/h1-4H. The van der Waals surface area contributed by atoms with Crippen LogP contribution in [0.2, 0.25) is 5.15 Å². The maximum atomic E-state index is 5.86. The molecule has 0 fully saturated rings. The molecular weight excluding hydrogens is 278 g/mol. The van der Waals surface area contributed by atoms with Crippen molar-refractivity contribution >= 4 is 57.4 Å². The van der Waals surface area contributed by atoms with Crippen molar-refractivity contribution in [1.82, 2.24) is 9.97 Å². The summed E-state index contributed by atoms with van der Waals surface area (Å²) < 4.78 is -1.66. The van der Waals surface area contributed by atoms with Crippen LogP contribution in [0.4, 0.5) is 0 Å². The van der Waals surface area contributed by atoms with Gasteiger partial charge in [0.2, 0.25) is 3.79 Å². The van der Waals surface area contributed by atoms with E-state index in [1.165, 1.54) is 0 Å². The van der Waals surface area contributed by atoms with Crippen LogP contribution in [-0.2, 0) is 3.79 Å². The van der Waals surface area contributed by atoms with Gasteiger partial charge in [-0.25, -0.2) is 9.97 Å². The number of fused-ring (bicyclic) bond motifs is 1. The van der Waals surface area contributed by atoms with Crippen molar-refractivity contribution in [3.8, 4) is 0 Å². The van der Waals surface area contributed by atoms with Gasteiger partial charge in [-0.15, -0.1) is 0 Å². The topological polar surface area (TPSA) is 25.8 Å². The molecule has 0 amide bonds. The molecule has 0 saturated heterocycles. The number of benzene rings is 1. The first-order chi connectivity index (χ1) is 6.98. The van der Waals surface area contributed by atoms with E-state index in [1.54, 1.807) is 12.1 Å². The number of nitrogens with zero attached hydrogens (tertiary/aromatic N) is 2. The molecule has 0 spiro atoms. The van der Waals surface area contributed by atoms with Gasteiger partial charge in [0.25, 0.3) is 0 Å². The Morgan fingerprint density at radius 3 is 2.00 bits per heavy atom. The fraction of sp³-hybridized carbons (Fsp3) is 0.111. The number of halogens is 4. The Morgan fingerprint density at radius 1 is 0.933 bits per heavy atom. The zero-order chi connectivity index (χ0) is 11.1. The zero-order valence-electron chi connectivity index (χ0n) is 7.22. The molecule has 1 aromatic heterocycles. The van der Waals surface area contributed by atoms with Crippen molar-refractivity contribution < 1.29 is 0 Å². The zero-order valence-corrected chi connectivity index (χ0v) is 10.2. The van der Waals surface area contributed by atoms with E-state index < -0.39 is 3.79 Å². The molecule has 2 rings (SSSR count). The van der Waals surface area contributed by atoms with Gasteiger partial charge in [0.15, 0.2) is 5.15 Å². The highest BCUT2D eigenvalue weighted by Crippen LogP contribution is 2.40. The van der Waals surface area contributed by atoms with Gasteiger partial charge >= 0.3 is 0 Å². The lowest BCUT2D eigenvalue weighted by Gasteiger charge is -2.11. The Kier molecular flexibility index (Phi) is 2.95. The molecule has 0 N–H and O–H groups in total. The smallest absolute Gasteiger partial charge is 0.235 e. The number of hydrogen-bond donors (Lipinski definition) is 0. The van der Waals surface area contributed by atoms with E-state index in [0.717, 1.165) is 0 Å². The molecular formula is C9H4Cl4N2. The molecule has 78 valence electrons. The summed E-state index contributed by atoms with van der Waals surface area (Å²) in [7, 11) is 0. The minimum absolute atomic E-state index is 0.105. The normalized spacial score (nSPS) is 12.0. The van der Waals surface area contributed by atoms with Crippen molar-refractivity contribution in [1.29, 1.82) is 0 Å². The Hall–Kier alpha value is -0.280. The van der Waals surface area contributed by atoms with E-state index in [9.17, 15) is 0 Å². The Bertz CT molecular complexity index is 507. The van der Waals surface area contributed by atoms with Crippen LogP contribution in [-0.4, -0.2) is 9.97 Å². The maximum Gasteiger partial charge on any atom is 0.235 e. The quantitative estimate of drug-likeness (QED) is 0.679. The molecule has 0 radical (unpaired) electrons. The molecule has 2 aromatic rings. The average molecular weight is 282 g/mol. The first-order valence-electron chi connectivity index (χ1n) is 3.98. The molecule has 15 heavy (non-hydrogen) atoms. The highest BCUT2D eigenvalue weighted by Gasteiger charge is 2.29. The van der Waals surface area contributed by atoms with Crippen molar-refractivity contribution in [3.05, 3.63) is 35.1 Å². The summed E-state index contributed by atoms with van der Waals surface area (Å²) >= 11 is 23.0. The summed E-state index contributed by atoms with van der Waals surface area (Å²) in [5.41, 5.74) is 1.46. The van der Waals surface area contributed by atoms with Crippen LogP contribution in [0.3, 0.4) is 0 Å². The molecule has 2 nitrogen and oxygen atoms in total. The molecule has 0 aliphatic carbocycles. The highest BCUT2D eigenvalue weighted by atomic mass is 35.6. The minimum atomic E-state index is -1.66. The largest absolute Gasteiger partial charge is 0.243 e. The molecule has 0 bridgehead atoms. The Labute approximate surface area is 106 Å². The van der Waals surface area contributed by atoms with Crippen LogP contribution in [0, 0.1) is 0 Å². The monoisotopic (exact) mass is 280 g/mol. The molecule has 1 aromatic carbocycles. The van der Waals surface area contributed by atoms with E-state index in [-0.39, 0.29) is 10.8 Å². The molecule has 0 aliphatic rings. The summed E-state index contributed by atoms with van der Waals surface area (Å²) in [6, 6.07) is 7.23. The summed E-state index contributed by atoms with van der Waals surface area (Å²) in [4.78, 5) is 8.25. The summed E-state index contributed by atoms with van der Waals surface area (Å²) in [5.74, 6) is 0. The first-order valence-corrected chi connectivity index (χ1v) is 5.49. The first kappa shape index (κ1) is 11.2. The van der Waals surface area contributed by atoms with Crippen molar-refractivity contribution in [3.63, 3.8) is 0 Å². The van der Waals surface area contributed by atoms with E-state index in [1.807, 2.05) is 12.1 Å². The van der Waals surface area contributed by atoms with E-state index in [2.05, 4.69) is 9.97 Å². The second-order valence-corrected chi connectivity index (χ2v) is 5.49. The van der Waals surface area contributed by atoms with Crippen LogP contribution >= 0.6 is 46.4 Å². The minimum Gasteiger partial charge on any atom is -0.243 e. The Balaban J connectivity index is 2.73. The second kappa shape index (κ2) is 3.95. The molecule has 6 heteroatoms. The van der Waals surface area contributed by atoms with Gasteiger partial charge in [-0.05, 0) is 12.1 Å². The van der Waals surface area contributed by atoms with E-state index >= 15 is 0 Å². The van der Waals surface area contributed by atoms with Crippen LogP contribution in [0.1, 0.15) is 5.69 Å². The number of para-hydroxylation sites is 2. The Morgan fingerprint density at radius 2 is 1.47 bits per heavy atom. The van der Waals surface area contributed by atoms with Crippen LogP contribution in [0.25, 0.3) is 11.0 Å². The second-order valence-electron chi connectivity index (χ2n) is 2.85. The molecule has 0 aliphatic heterocycles. The lowest BCUT2D eigenvalue weighted by Crippen LogP contribution is -2.06. The summed E-state index contributed by atoms with van der Waals surface area (Å²) in [6.07, 6.45) is 0. The third-order valence-corrected chi connectivity index (χ3v) is 2.60. The van der Waals surface area contributed by atoms with Crippen molar-refractivity contribution in [2.75, 3.05) is 0 Å². The van der Waals surface area contributed by atoms with Gasteiger partial charge in [-0.2, -0.15) is 0 Å². The van der Waals surface area contributed by atoms with Gasteiger partial charge in [-0.1, -0.05) is 58.5 Å². The third-order valence-electron chi connectivity index (χ3n) is 1.80. The third kappa shape index (κ3) is 2.28. The van der Waals surface area contributed by atoms with Gasteiger partial charge in [0, 0.05) is 0 Å². The predicted molar refractivity (Wildman–Crippen MR) is 63.8 cm³/mol. The molecule has 0 atom stereocenters. The van der Waals surface area contributed by atoms with Gasteiger partial charge < -0.3 is 0 Å². The van der Waals surface area contributed by atoms with Gasteiger partial charge in [-0.3, -0.25) is 0 Å². The lowest BCUT2D eigenvalue weighted by atomic mass is 10.3. The maximum absolute atomic E-state index is 5.86. The van der Waals surface area contributed by atoms with E-state index in [4.69, 9.17) is 46.4 Å². The lowest BCUT2D eigenvalue weighted by molar-refractivity contribution is 1.08. The number of rotatable bonds is 0. The van der Waals surface area contributed by atoms with Crippen LogP contribution in [0.15, 0.2) is 24.3 Å². The SMILES string of the molecule is Clc1nc2ccccc2nc1C(Cl)(Cl)Cl. The fourth-order valence-electron chi connectivity index (χ4n) is 1.16. The van der Waals surface area contributed by atoms with Crippen LogP contribution in [0.5, 0.6) is 0 Å². The molecule has 1 heterocycles. The highest BCUT2D eigenvalue weighted by molar-refractivity contribution is 6.67. The number of aromatic nitrogens is 2.